The topological polar surface area (TPSA) is 74.3 Å². The van der Waals surface area contributed by atoms with E-state index >= 15 is 0 Å². The number of benzene rings is 1. The number of nitrogens with one attached hydrogen (secondary N) is 2. The Balaban J connectivity index is 1.35. The van der Waals surface area contributed by atoms with Crippen molar-refractivity contribution in [3.8, 4) is 0 Å². The molecule has 1 aromatic carbocycles. The van der Waals surface area contributed by atoms with Crippen molar-refractivity contribution < 1.29 is 9.59 Å². The summed E-state index contributed by atoms with van der Waals surface area (Å²) in [4.78, 5) is 31.6. The minimum atomic E-state index is -0.935. The maximum absolute atomic E-state index is 12.7. The van der Waals surface area contributed by atoms with E-state index < -0.39 is 5.41 Å². The van der Waals surface area contributed by atoms with Gasteiger partial charge in [0.2, 0.25) is 11.8 Å². The van der Waals surface area contributed by atoms with Crippen LogP contribution in [0.4, 0.5) is 11.4 Å². The molecule has 2 heterocycles. The lowest BCUT2D eigenvalue weighted by atomic mass is 10.0. The number of carbonyl (C=O) groups excluding carboxylic acids is 2. The van der Waals surface area contributed by atoms with E-state index in [2.05, 4.69) is 20.5 Å². The van der Waals surface area contributed by atoms with Gasteiger partial charge in [-0.15, -0.1) is 0 Å². The molecule has 0 spiro atoms. The van der Waals surface area contributed by atoms with Gasteiger partial charge in [0.1, 0.15) is 5.41 Å². The quantitative estimate of drug-likeness (QED) is 0.773. The third-order valence-corrected chi connectivity index (χ3v) is 5.39. The van der Waals surface area contributed by atoms with Crippen LogP contribution in [0.2, 0.25) is 0 Å². The first-order chi connectivity index (χ1) is 13.2. The second-order valence-electron chi connectivity index (χ2n) is 7.32. The van der Waals surface area contributed by atoms with Crippen molar-refractivity contribution in [2.75, 3.05) is 23.3 Å². The molecule has 0 atom stereocenters. The van der Waals surface area contributed by atoms with E-state index in [0.29, 0.717) is 19.4 Å². The minimum Gasteiger partial charge on any atom is -0.372 e. The van der Waals surface area contributed by atoms with Gasteiger partial charge in [-0.05, 0) is 61.6 Å². The Morgan fingerprint density at radius 1 is 1.04 bits per heavy atom. The number of pyridine rings is 1. The predicted molar refractivity (Wildman–Crippen MR) is 104 cm³/mol. The predicted octanol–water partition coefficient (Wildman–Crippen LogP) is 2.72. The Labute approximate surface area is 159 Å². The first-order valence-electron chi connectivity index (χ1n) is 9.51. The summed E-state index contributed by atoms with van der Waals surface area (Å²) in [5.41, 5.74) is 1.89. The third-order valence-electron chi connectivity index (χ3n) is 5.39. The maximum Gasteiger partial charge on any atom is 0.240 e. The van der Waals surface area contributed by atoms with Crippen molar-refractivity contribution in [2.24, 2.45) is 5.41 Å². The molecule has 1 saturated carbocycles. The van der Waals surface area contributed by atoms with E-state index in [1.165, 1.54) is 18.5 Å². The molecule has 2 amide bonds. The zero-order chi connectivity index (χ0) is 18.7. The summed E-state index contributed by atoms with van der Waals surface area (Å²) in [7, 11) is 0. The van der Waals surface area contributed by atoms with Gasteiger partial charge >= 0.3 is 0 Å². The molecule has 0 bridgehead atoms. The van der Waals surface area contributed by atoms with Crippen molar-refractivity contribution in [3.63, 3.8) is 0 Å². The highest BCUT2D eigenvalue weighted by molar-refractivity contribution is 6.13. The Bertz CT molecular complexity index is 810. The SMILES string of the molecule is O=C(NCc1cccnc1)C1(C(=O)Nc2ccc(N3CCCC3)cc2)CC1. The normalized spacial score (nSPS) is 17.4. The number of amides is 2. The fraction of sp³-hybridized carbons (Fsp3) is 0.381. The van der Waals surface area contributed by atoms with Crippen LogP contribution in [0.1, 0.15) is 31.2 Å². The molecular formula is C21H24N4O2. The van der Waals surface area contributed by atoms with E-state index in [1.807, 2.05) is 36.4 Å². The molecule has 4 rings (SSSR count). The second kappa shape index (κ2) is 7.39. The number of hydrogen-bond donors (Lipinski definition) is 2. The van der Waals surface area contributed by atoms with Crippen molar-refractivity contribution in [2.45, 2.75) is 32.2 Å². The summed E-state index contributed by atoms with van der Waals surface area (Å²) >= 11 is 0. The summed E-state index contributed by atoms with van der Waals surface area (Å²) in [5.74, 6) is -0.433. The minimum absolute atomic E-state index is 0.211. The number of rotatable bonds is 6. The van der Waals surface area contributed by atoms with Gasteiger partial charge in [-0.25, -0.2) is 0 Å². The van der Waals surface area contributed by atoms with E-state index in [-0.39, 0.29) is 11.8 Å². The molecule has 2 fully saturated rings. The average Bonchev–Trinajstić information content (AvgIpc) is 3.35. The van der Waals surface area contributed by atoms with Crippen LogP contribution in [0.5, 0.6) is 0 Å². The van der Waals surface area contributed by atoms with Gasteiger partial charge in [-0.1, -0.05) is 6.07 Å². The van der Waals surface area contributed by atoms with Gasteiger partial charge in [0.25, 0.3) is 0 Å². The molecule has 0 unspecified atom stereocenters. The van der Waals surface area contributed by atoms with Crippen LogP contribution in [-0.4, -0.2) is 29.9 Å². The maximum atomic E-state index is 12.7. The number of aromatic nitrogens is 1. The smallest absolute Gasteiger partial charge is 0.240 e. The fourth-order valence-electron chi connectivity index (χ4n) is 3.52. The summed E-state index contributed by atoms with van der Waals surface area (Å²) in [6.45, 7) is 2.56. The van der Waals surface area contributed by atoms with E-state index in [4.69, 9.17) is 0 Å². The molecule has 1 aliphatic carbocycles. The fourth-order valence-corrected chi connectivity index (χ4v) is 3.52. The highest BCUT2D eigenvalue weighted by Crippen LogP contribution is 2.47. The number of carbonyl (C=O) groups is 2. The molecule has 1 saturated heterocycles. The molecule has 27 heavy (non-hydrogen) atoms. The van der Waals surface area contributed by atoms with Crippen LogP contribution in [0.15, 0.2) is 48.8 Å². The molecular weight excluding hydrogens is 340 g/mol. The van der Waals surface area contributed by atoms with Crippen LogP contribution < -0.4 is 15.5 Å². The van der Waals surface area contributed by atoms with Gasteiger partial charge in [0.15, 0.2) is 0 Å². The Hall–Kier alpha value is -2.89. The van der Waals surface area contributed by atoms with Crippen molar-refractivity contribution in [3.05, 3.63) is 54.4 Å². The zero-order valence-corrected chi connectivity index (χ0v) is 15.3. The molecule has 2 N–H and O–H groups in total. The van der Waals surface area contributed by atoms with Crippen LogP contribution in [-0.2, 0) is 16.1 Å². The average molecular weight is 364 g/mol. The molecule has 140 valence electrons. The lowest BCUT2D eigenvalue weighted by Crippen LogP contribution is -2.39. The Kier molecular flexibility index (Phi) is 4.79. The first-order valence-corrected chi connectivity index (χ1v) is 9.51. The molecule has 2 aliphatic rings. The zero-order valence-electron chi connectivity index (χ0n) is 15.3. The van der Waals surface area contributed by atoms with Gasteiger partial charge in [-0.2, -0.15) is 0 Å². The highest BCUT2D eigenvalue weighted by Gasteiger charge is 2.56. The van der Waals surface area contributed by atoms with Crippen molar-refractivity contribution in [1.29, 1.82) is 0 Å². The molecule has 1 aliphatic heterocycles. The van der Waals surface area contributed by atoms with E-state index in [1.54, 1.807) is 12.4 Å². The lowest BCUT2D eigenvalue weighted by molar-refractivity contribution is -0.134. The third kappa shape index (κ3) is 3.79. The highest BCUT2D eigenvalue weighted by atomic mass is 16.2. The van der Waals surface area contributed by atoms with E-state index in [0.717, 1.165) is 24.3 Å². The molecule has 2 aromatic rings. The van der Waals surface area contributed by atoms with Crippen LogP contribution >= 0.6 is 0 Å². The standard InChI is InChI=1S/C21H24N4O2/c26-19(23-15-16-4-3-11-22-14-16)21(9-10-21)20(27)24-17-5-7-18(8-6-17)25-12-1-2-13-25/h3-8,11,14H,1-2,9-10,12-13,15H2,(H,23,26)(H,24,27). The van der Waals surface area contributed by atoms with Crippen LogP contribution in [0, 0.1) is 5.41 Å². The summed E-state index contributed by atoms with van der Waals surface area (Å²) < 4.78 is 0. The van der Waals surface area contributed by atoms with Crippen LogP contribution in [0.25, 0.3) is 0 Å². The Morgan fingerprint density at radius 2 is 1.78 bits per heavy atom. The Morgan fingerprint density at radius 3 is 2.41 bits per heavy atom. The number of nitrogens with zero attached hydrogens (tertiary/aromatic N) is 2. The van der Waals surface area contributed by atoms with Crippen molar-refractivity contribution in [1.82, 2.24) is 10.3 Å². The summed E-state index contributed by atoms with van der Waals surface area (Å²) in [6, 6.07) is 11.6. The van der Waals surface area contributed by atoms with Crippen LogP contribution in [0.3, 0.4) is 0 Å². The van der Waals surface area contributed by atoms with E-state index in [9.17, 15) is 9.59 Å². The monoisotopic (exact) mass is 364 g/mol. The molecule has 1 aromatic heterocycles. The van der Waals surface area contributed by atoms with Gasteiger partial charge in [0.05, 0.1) is 0 Å². The molecule has 0 radical (unpaired) electrons. The van der Waals surface area contributed by atoms with Gasteiger partial charge in [0, 0.05) is 43.4 Å². The van der Waals surface area contributed by atoms with Gasteiger partial charge in [-0.3, -0.25) is 14.6 Å². The summed E-state index contributed by atoms with van der Waals surface area (Å²) in [6.07, 6.45) is 7.04. The second-order valence-corrected chi connectivity index (χ2v) is 7.32. The molecule has 6 heteroatoms. The summed E-state index contributed by atoms with van der Waals surface area (Å²) in [5, 5.41) is 5.78. The number of hydrogen-bond acceptors (Lipinski definition) is 4. The van der Waals surface area contributed by atoms with Gasteiger partial charge < -0.3 is 15.5 Å². The first kappa shape index (κ1) is 17.5. The van der Waals surface area contributed by atoms with Crippen molar-refractivity contribution >= 4 is 23.2 Å². The lowest BCUT2D eigenvalue weighted by Gasteiger charge is -2.19. The number of anilines is 2. The largest absolute Gasteiger partial charge is 0.372 e. The molecule has 6 nitrogen and oxygen atoms in total.